The van der Waals surface area contributed by atoms with E-state index >= 15 is 0 Å². The molecule has 0 spiro atoms. The Morgan fingerprint density at radius 3 is 2.62 bits per heavy atom. The largest absolute Gasteiger partial charge is 0.351 e. The van der Waals surface area contributed by atoms with Gasteiger partial charge in [0.15, 0.2) is 0 Å². The molecule has 1 fully saturated rings. The number of hydrogen-bond acceptors (Lipinski definition) is 2. The van der Waals surface area contributed by atoms with Crippen LogP contribution in [0.25, 0.3) is 0 Å². The van der Waals surface area contributed by atoms with E-state index in [1.807, 2.05) is 4.90 Å². The number of aryl methyl sites for hydroxylation is 1. The molecule has 0 atom stereocenters. The standard InChI is InChI=1S/C16H21FN2O2/c1-12-5-6-13(14(17)11-12)16(21)18-8-7-15(20)19-9-3-2-4-10-19/h5-6,11H,2-4,7-10H2,1H3,(H,18,21). The predicted molar refractivity (Wildman–Crippen MR) is 78.5 cm³/mol. The number of likely N-dealkylation sites (tertiary alicyclic amines) is 1. The topological polar surface area (TPSA) is 49.4 Å². The summed E-state index contributed by atoms with van der Waals surface area (Å²) in [7, 11) is 0. The first-order valence-corrected chi connectivity index (χ1v) is 7.40. The van der Waals surface area contributed by atoms with E-state index in [1.54, 1.807) is 13.0 Å². The third-order valence-electron chi connectivity index (χ3n) is 3.70. The molecule has 0 saturated carbocycles. The Morgan fingerprint density at radius 1 is 1.24 bits per heavy atom. The third kappa shape index (κ3) is 4.28. The minimum Gasteiger partial charge on any atom is -0.351 e. The van der Waals surface area contributed by atoms with Gasteiger partial charge in [0.1, 0.15) is 5.82 Å². The molecule has 0 aliphatic carbocycles. The van der Waals surface area contributed by atoms with Crippen molar-refractivity contribution in [2.24, 2.45) is 0 Å². The van der Waals surface area contributed by atoms with Gasteiger partial charge in [-0.25, -0.2) is 4.39 Å². The van der Waals surface area contributed by atoms with Gasteiger partial charge in [-0.2, -0.15) is 0 Å². The molecular formula is C16H21FN2O2. The Morgan fingerprint density at radius 2 is 1.95 bits per heavy atom. The maximum Gasteiger partial charge on any atom is 0.254 e. The fourth-order valence-electron chi connectivity index (χ4n) is 2.48. The molecular weight excluding hydrogens is 271 g/mol. The molecule has 1 aromatic carbocycles. The van der Waals surface area contributed by atoms with Gasteiger partial charge in [-0.3, -0.25) is 9.59 Å². The molecule has 1 aromatic rings. The van der Waals surface area contributed by atoms with Crippen molar-refractivity contribution >= 4 is 11.8 Å². The lowest BCUT2D eigenvalue weighted by Gasteiger charge is -2.26. The van der Waals surface area contributed by atoms with E-state index in [2.05, 4.69) is 5.32 Å². The molecule has 1 saturated heterocycles. The molecule has 0 radical (unpaired) electrons. The van der Waals surface area contributed by atoms with Crippen LogP contribution in [-0.2, 0) is 4.79 Å². The molecule has 2 rings (SSSR count). The second-order valence-electron chi connectivity index (χ2n) is 5.43. The number of benzene rings is 1. The lowest BCUT2D eigenvalue weighted by atomic mass is 10.1. The minimum atomic E-state index is -0.533. The van der Waals surface area contributed by atoms with Crippen LogP contribution in [0.5, 0.6) is 0 Å². The maximum absolute atomic E-state index is 13.6. The summed E-state index contributed by atoms with van der Waals surface area (Å²) in [5.41, 5.74) is 0.787. The number of nitrogens with zero attached hydrogens (tertiary/aromatic N) is 1. The first-order valence-electron chi connectivity index (χ1n) is 7.40. The Hall–Kier alpha value is -1.91. The summed E-state index contributed by atoms with van der Waals surface area (Å²) in [6.45, 7) is 3.61. The van der Waals surface area contributed by atoms with Gasteiger partial charge in [0.2, 0.25) is 5.91 Å². The van der Waals surface area contributed by atoms with E-state index in [9.17, 15) is 14.0 Å². The number of halogens is 1. The highest BCUT2D eigenvalue weighted by Crippen LogP contribution is 2.11. The van der Waals surface area contributed by atoms with Crippen molar-refractivity contribution in [3.8, 4) is 0 Å². The van der Waals surface area contributed by atoms with Crippen molar-refractivity contribution in [1.29, 1.82) is 0 Å². The van der Waals surface area contributed by atoms with E-state index in [0.717, 1.165) is 31.5 Å². The monoisotopic (exact) mass is 292 g/mol. The molecule has 0 bridgehead atoms. The number of nitrogens with one attached hydrogen (secondary N) is 1. The Labute approximate surface area is 124 Å². The zero-order valence-electron chi connectivity index (χ0n) is 12.3. The minimum absolute atomic E-state index is 0.0195. The normalized spacial score (nSPS) is 14.9. The van der Waals surface area contributed by atoms with Crippen molar-refractivity contribution in [3.05, 3.63) is 35.1 Å². The van der Waals surface area contributed by atoms with E-state index in [1.165, 1.54) is 18.6 Å². The van der Waals surface area contributed by atoms with Crippen molar-refractivity contribution in [3.63, 3.8) is 0 Å². The Bertz CT molecular complexity index is 525. The van der Waals surface area contributed by atoms with Gasteiger partial charge in [-0.1, -0.05) is 6.07 Å². The molecule has 114 valence electrons. The summed E-state index contributed by atoms with van der Waals surface area (Å²) in [6.07, 6.45) is 3.53. The van der Waals surface area contributed by atoms with Crippen molar-refractivity contribution < 1.29 is 14.0 Å². The average Bonchev–Trinajstić information content (AvgIpc) is 2.47. The van der Waals surface area contributed by atoms with Gasteiger partial charge >= 0.3 is 0 Å². The van der Waals surface area contributed by atoms with Gasteiger partial charge in [-0.05, 0) is 43.9 Å². The van der Waals surface area contributed by atoms with Crippen molar-refractivity contribution in [2.45, 2.75) is 32.6 Å². The lowest BCUT2D eigenvalue weighted by molar-refractivity contribution is -0.131. The number of hydrogen-bond donors (Lipinski definition) is 1. The molecule has 0 unspecified atom stereocenters. The lowest BCUT2D eigenvalue weighted by Crippen LogP contribution is -2.37. The van der Waals surface area contributed by atoms with Crippen LogP contribution in [0.2, 0.25) is 0 Å². The summed E-state index contributed by atoms with van der Waals surface area (Å²) in [6, 6.07) is 4.48. The van der Waals surface area contributed by atoms with E-state index in [0.29, 0.717) is 0 Å². The summed E-state index contributed by atoms with van der Waals surface area (Å²) in [5, 5.41) is 2.60. The Kier molecular flexibility index (Phi) is 5.31. The van der Waals surface area contributed by atoms with Crippen LogP contribution in [0.15, 0.2) is 18.2 Å². The van der Waals surface area contributed by atoms with Crippen molar-refractivity contribution in [1.82, 2.24) is 10.2 Å². The zero-order valence-corrected chi connectivity index (χ0v) is 12.3. The van der Waals surface area contributed by atoms with Gasteiger partial charge in [0.05, 0.1) is 5.56 Å². The third-order valence-corrected chi connectivity index (χ3v) is 3.70. The molecule has 1 heterocycles. The highest BCUT2D eigenvalue weighted by Gasteiger charge is 2.17. The number of rotatable bonds is 4. The van der Waals surface area contributed by atoms with Gasteiger partial charge in [0, 0.05) is 26.1 Å². The van der Waals surface area contributed by atoms with Gasteiger partial charge in [0.25, 0.3) is 5.91 Å². The molecule has 1 aliphatic heterocycles. The molecule has 4 nitrogen and oxygen atoms in total. The molecule has 21 heavy (non-hydrogen) atoms. The average molecular weight is 292 g/mol. The number of piperidine rings is 1. The molecule has 5 heteroatoms. The van der Waals surface area contributed by atoms with Crippen LogP contribution in [-0.4, -0.2) is 36.3 Å². The second kappa shape index (κ2) is 7.20. The van der Waals surface area contributed by atoms with Crippen LogP contribution >= 0.6 is 0 Å². The SMILES string of the molecule is Cc1ccc(C(=O)NCCC(=O)N2CCCCC2)c(F)c1. The highest BCUT2D eigenvalue weighted by molar-refractivity contribution is 5.94. The smallest absolute Gasteiger partial charge is 0.254 e. The Balaban J connectivity index is 1.79. The first kappa shape index (κ1) is 15.5. The summed E-state index contributed by atoms with van der Waals surface area (Å²) in [5.74, 6) is -0.951. The summed E-state index contributed by atoms with van der Waals surface area (Å²) in [4.78, 5) is 25.6. The quantitative estimate of drug-likeness (QED) is 0.925. The fourth-order valence-corrected chi connectivity index (χ4v) is 2.48. The fraction of sp³-hybridized carbons (Fsp3) is 0.500. The highest BCUT2D eigenvalue weighted by atomic mass is 19.1. The van der Waals surface area contributed by atoms with E-state index < -0.39 is 11.7 Å². The van der Waals surface area contributed by atoms with Crippen LogP contribution in [0, 0.1) is 12.7 Å². The zero-order chi connectivity index (χ0) is 15.2. The van der Waals surface area contributed by atoms with Crippen LogP contribution in [0.1, 0.15) is 41.6 Å². The predicted octanol–water partition coefficient (Wildman–Crippen LogP) is 2.27. The van der Waals surface area contributed by atoms with Crippen LogP contribution in [0.3, 0.4) is 0 Å². The van der Waals surface area contributed by atoms with Gasteiger partial charge in [-0.15, -0.1) is 0 Å². The van der Waals surface area contributed by atoms with E-state index in [-0.39, 0.29) is 24.4 Å². The molecule has 1 aliphatic rings. The summed E-state index contributed by atoms with van der Waals surface area (Å²) >= 11 is 0. The number of carbonyl (C=O) groups excluding carboxylic acids is 2. The maximum atomic E-state index is 13.6. The second-order valence-corrected chi connectivity index (χ2v) is 5.43. The number of amides is 2. The molecule has 1 N–H and O–H groups in total. The van der Waals surface area contributed by atoms with Gasteiger partial charge < -0.3 is 10.2 Å². The number of carbonyl (C=O) groups is 2. The van der Waals surface area contributed by atoms with Crippen LogP contribution < -0.4 is 5.32 Å². The van der Waals surface area contributed by atoms with E-state index in [4.69, 9.17) is 0 Å². The first-order chi connectivity index (χ1) is 10.1. The molecule has 0 aromatic heterocycles. The van der Waals surface area contributed by atoms with Crippen LogP contribution in [0.4, 0.5) is 4.39 Å². The molecule has 2 amide bonds. The summed E-state index contributed by atoms with van der Waals surface area (Å²) < 4.78 is 13.6. The van der Waals surface area contributed by atoms with Crippen molar-refractivity contribution in [2.75, 3.05) is 19.6 Å².